The Balaban J connectivity index is 1.85. The van der Waals surface area contributed by atoms with Crippen molar-refractivity contribution in [3.8, 4) is 17.6 Å². The van der Waals surface area contributed by atoms with Crippen LogP contribution in [0.4, 0.5) is 0 Å². The Bertz CT molecular complexity index is 658. The molecule has 1 aliphatic rings. The van der Waals surface area contributed by atoms with Gasteiger partial charge in [-0.25, -0.2) is 0 Å². The molecule has 0 saturated heterocycles. The molecule has 0 atom stereocenters. The second-order valence-electron chi connectivity index (χ2n) is 4.97. The highest BCUT2D eigenvalue weighted by Crippen LogP contribution is 2.29. The molecular formula is C17H15NO. The third-order valence-electron chi connectivity index (χ3n) is 3.62. The molecule has 2 heteroatoms. The van der Waals surface area contributed by atoms with Gasteiger partial charge in [-0.3, -0.25) is 0 Å². The van der Waals surface area contributed by atoms with E-state index in [2.05, 4.69) is 18.2 Å². The van der Waals surface area contributed by atoms with E-state index in [1.54, 1.807) is 6.07 Å². The van der Waals surface area contributed by atoms with E-state index in [0.717, 1.165) is 23.5 Å². The fourth-order valence-electron chi connectivity index (χ4n) is 2.57. The van der Waals surface area contributed by atoms with Gasteiger partial charge in [-0.05, 0) is 73.2 Å². The van der Waals surface area contributed by atoms with E-state index in [9.17, 15) is 0 Å². The third-order valence-corrected chi connectivity index (χ3v) is 3.62. The van der Waals surface area contributed by atoms with Crippen molar-refractivity contribution in [2.45, 2.75) is 26.2 Å². The van der Waals surface area contributed by atoms with Gasteiger partial charge in [0.1, 0.15) is 11.5 Å². The molecule has 0 saturated carbocycles. The fourth-order valence-corrected chi connectivity index (χ4v) is 2.57. The van der Waals surface area contributed by atoms with E-state index >= 15 is 0 Å². The van der Waals surface area contributed by atoms with Crippen LogP contribution < -0.4 is 4.74 Å². The van der Waals surface area contributed by atoms with Gasteiger partial charge in [-0.1, -0.05) is 6.07 Å². The number of rotatable bonds is 2. The Labute approximate surface area is 113 Å². The molecule has 0 bridgehead atoms. The molecule has 0 N–H and O–H groups in total. The summed E-state index contributed by atoms with van der Waals surface area (Å²) in [5.41, 5.74) is 4.49. The molecule has 2 aromatic rings. The van der Waals surface area contributed by atoms with E-state index in [0.29, 0.717) is 5.56 Å². The van der Waals surface area contributed by atoms with Crippen molar-refractivity contribution in [1.29, 1.82) is 5.26 Å². The minimum Gasteiger partial charge on any atom is -0.457 e. The van der Waals surface area contributed by atoms with Gasteiger partial charge in [-0.2, -0.15) is 5.26 Å². The second-order valence-corrected chi connectivity index (χ2v) is 4.97. The molecule has 1 aliphatic carbocycles. The summed E-state index contributed by atoms with van der Waals surface area (Å²) in [7, 11) is 0. The summed E-state index contributed by atoms with van der Waals surface area (Å²) in [6.07, 6.45) is 3.58. The Morgan fingerprint density at radius 3 is 2.53 bits per heavy atom. The number of nitriles is 1. The molecule has 0 aliphatic heterocycles. The summed E-state index contributed by atoms with van der Waals surface area (Å²) in [5, 5.41) is 8.91. The number of aryl methyl sites for hydroxylation is 3. The Morgan fingerprint density at radius 2 is 1.74 bits per heavy atom. The maximum atomic E-state index is 8.91. The van der Waals surface area contributed by atoms with Crippen LogP contribution in [0, 0.1) is 18.3 Å². The number of benzene rings is 2. The van der Waals surface area contributed by atoms with Crippen molar-refractivity contribution in [2.24, 2.45) is 0 Å². The zero-order valence-electron chi connectivity index (χ0n) is 10.9. The lowest BCUT2D eigenvalue weighted by atomic mass is 10.1. The third kappa shape index (κ3) is 2.32. The largest absolute Gasteiger partial charge is 0.457 e. The molecule has 0 radical (unpaired) electrons. The second kappa shape index (κ2) is 4.78. The van der Waals surface area contributed by atoms with E-state index in [1.807, 2.05) is 25.1 Å². The highest BCUT2D eigenvalue weighted by atomic mass is 16.5. The molecule has 2 nitrogen and oxygen atoms in total. The average molecular weight is 249 g/mol. The molecule has 0 heterocycles. The lowest BCUT2D eigenvalue weighted by molar-refractivity contribution is 0.481. The maximum absolute atomic E-state index is 8.91. The predicted octanol–water partition coefficient (Wildman–Crippen LogP) is 4.15. The van der Waals surface area contributed by atoms with Crippen LogP contribution in [0.25, 0.3) is 0 Å². The Hall–Kier alpha value is -2.27. The van der Waals surface area contributed by atoms with Crippen LogP contribution in [-0.4, -0.2) is 0 Å². The van der Waals surface area contributed by atoms with Crippen LogP contribution in [-0.2, 0) is 12.8 Å². The number of nitrogens with zero attached hydrogens (tertiary/aromatic N) is 1. The fraction of sp³-hybridized carbons (Fsp3) is 0.235. The normalized spacial score (nSPS) is 12.8. The van der Waals surface area contributed by atoms with E-state index in [1.165, 1.54) is 24.0 Å². The predicted molar refractivity (Wildman–Crippen MR) is 74.4 cm³/mol. The van der Waals surface area contributed by atoms with Gasteiger partial charge in [0.25, 0.3) is 0 Å². The first-order valence-corrected chi connectivity index (χ1v) is 6.57. The molecule has 0 unspecified atom stereocenters. The molecule has 2 aromatic carbocycles. The highest BCUT2D eigenvalue weighted by molar-refractivity contribution is 5.45. The van der Waals surface area contributed by atoms with E-state index in [-0.39, 0.29) is 0 Å². The number of fused-ring (bicyclic) bond motifs is 1. The van der Waals surface area contributed by atoms with Gasteiger partial charge >= 0.3 is 0 Å². The van der Waals surface area contributed by atoms with Gasteiger partial charge in [0.15, 0.2) is 0 Å². The summed E-state index contributed by atoms with van der Waals surface area (Å²) in [6.45, 7) is 1.92. The van der Waals surface area contributed by atoms with Crippen molar-refractivity contribution in [3.63, 3.8) is 0 Å². The zero-order valence-corrected chi connectivity index (χ0v) is 10.9. The molecule has 94 valence electrons. The van der Waals surface area contributed by atoms with Crippen LogP contribution in [0.1, 0.15) is 28.7 Å². The quantitative estimate of drug-likeness (QED) is 0.801. The molecule has 0 spiro atoms. The van der Waals surface area contributed by atoms with Gasteiger partial charge in [0.05, 0.1) is 11.6 Å². The summed E-state index contributed by atoms with van der Waals surface area (Å²) in [5.74, 6) is 1.67. The van der Waals surface area contributed by atoms with Crippen molar-refractivity contribution in [3.05, 3.63) is 58.7 Å². The minimum absolute atomic E-state index is 0.696. The standard InChI is InChI=1S/C17H15NO/c1-12-9-16(8-6-15(12)11-18)19-17-7-5-13-3-2-4-14(13)10-17/h5-10H,2-4H2,1H3. The minimum atomic E-state index is 0.696. The van der Waals surface area contributed by atoms with Crippen molar-refractivity contribution >= 4 is 0 Å². The number of hydrogen-bond acceptors (Lipinski definition) is 2. The maximum Gasteiger partial charge on any atom is 0.127 e. The van der Waals surface area contributed by atoms with Crippen LogP contribution in [0.15, 0.2) is 36.4 Å². The summed E-state index contributed by atoms with van der Waals surface area (Å²) in [6, 6.07) is 14.0. The van der Waals surface area contributed by atoms with E-state index in [4.69, 9.17) is 10.00 Å². The summed E-state index contributed by atoms with van der Waals surface area (Å²) in [4.78, 5) is 0. The average Bonchev–Trinajstić information content (AvgIpc) is 2.86. The van der Waals surface area contributed by atoms with Crippen molar-refractivity contribution in [2.75, 3.05) is 0 Å². The highest BCUT2D eigenvalue weighted by Gasteiger charge is 2.11. The van der Waals surface area contributed by atoms with Crippen LogP contribution in [0.2, 0.25) is 0 Å². The molecule has 3 rings (SSSR count). The van der Waals surface area contributed by atoms with Gasteiger partial charge in [0.2, 0.25) is 0 Å². The smallest absolute Gasteiger partial charge is 0.127 e. The van der Waals surface area contributed by atoms with Gasteiger partial charge in [-0.15, -0.1) is 0 Å². The first-order valence-electron chi connectivity index (χ1n) is 6.57. The van der Waals surface area contributed by atoms with Gasteiger partial charge < -0.3 is 4.74 Å². The van der Waals surface area contributed by atoms with Gasteiger partial charge in [0, 0.05) is 0 Å². The molecule has 19 heavy (non-hydrogen) atoms. The van der Waals surface area contributed by atoms with Crippen molar-refractivity contribution < 1.29 is 4.74 Å². The SMILES string of the molecule is Cc1cc(Oc2ccc3c(c2)CCC3)ccc1C#N. The molecule has 0 fully saturated rings. The van der Waals surface area contributed by atoms with E-state index < -0.39 is 0 Å². The zero-order chi connectivity index (χ0) is 13.2. The summed E-state index contributed by atoms with van der Waals surface area (Å²) < 4.78 is 5.87. The lowest BCUT2D eigenvalue weighted by Gasteiger charge is -2.09. The number of ether oxygens (including phenoxy) is 1. The summed E-state index contributed by atoms with van der Waals surface area (Å²) >= 11 is 0. The Kier molecular flexibility index (Phi) is 2.97. The van der Waals surface area contributed by atoms with Crippen LogP contribution in [0.3, 0.4) is 0 Å². The first-order chi connectivity index (χ1) is 9.26. The monoisotopic (exact) mass is 249 g/mol. The lowest BCUT2D eigenvalue weighted by Crippen LogP contribution is -1.89. The van der Waals surface area contributed by atoms with Crippen LogP contribution in [0.5, 0.6) is 11.5 Å². The molecule has 0 amide bonds. The van der Waals surface area contributed by atoms with Crippen molar-refractivity contribution in [1.82, 2.24) is 0 Å². The number of hydrogen-bond donors (Lipinski definition) is 0. The van der Waals surface area contributed by atoms with Crippen LogP contribution >= 0.6 is 0 Å². The topological polar surface area (TPSA) is 33.0 Å². The molecule has 0 aromatic heterocycles. The first kappa shape index (κ1) is 11.8. The molecular weight excluding hydrogens is 234 g/mol. The Morgan fingerprint density at radius 1 is 1.00 bits per heavy atom.